The van der Waals surface area contributed by atoms with E-state index in [1.807, 2.05) is 5.38 Å². The van der Waals surface area contributed by atoms with Gasteiger partial charge in [-0.3, -0.25) is 4.79 Å². The van der Waals surface area contributed by atoms with Crippen molar-refractivity contribution in [3.05, 3.63) is 21.3 Å². The third-order valence-electron chi connectivity index (χ3n) is 2.89. The van der Waals surface area contributed by atoms with Gasteiger partial charge >= 0.3 is 0 Å². The van der Waals surface area contributed by atoms with Crippen molar-refractivity contribution in [2.75, 3.05) is 0 Å². The molecule has 90 valence electrons. The van der Waals surface area contributed by atoms with Crippen LogP contribution in [0.15, 0.2) is 11.4 Å². The Kier molecular flexibility index (Phi) is 6.07. The molecule has 3 heteroatoms. The third kappa shape index (κ3) is 3.91. The van der Waals surface area contributed by atoms with E-state index in [1.165, 1.54) is 24.2 Å². The van der Waals surface area contributed by atoms with Crippen molar-refractivity contribution in [1.29, 1.82) is 0 Å². The Bertz CT molecular complexity index is 332. The van der Waals surface area contributed by atoms with E-state index in [0.717, 1.165) is 17.7 Å². The second-order valence-electron chi connectivity index (χ2n) is 4.14. The molecule has 0 radical (unpaired) electrons. The van der Waals surface area contributed by atoms with E-state index >= 15 is 0 Å². The summed E-state index contributed by atoms with van der Waals surface area (Å²) in [7, 11) is 0. The lowest BCUT2D eigenvalue weighted by Gasteiger charge is -2.12. The zero-order valence-electron chi connectivity index (χ0n) is 9.96. The summed E-state index contributed by atoms with van der Waals surface area (Å²) in [6, 6.07) is 1.80. The van der Waals surface area contributed by atoms with Gasteiger partial charge in [0.05, 0.1) is 9.90 Å². The van der Waals surface area contributed by atoms with Crippen LogP contribution in [-0.4, -0.2) is 5.78 Å². The van der Waals surface area contributed by atoms with Crippen molar-refractivity contribution in [1.82, 2.24) is 0 Å². The first-order valence-electron chi connectivity index (χ1n) is 5.95. The first-order chi connectivity index (χ1) is 7.69. The van der Waals surface area contributed by atoms with Gasteiger partial charge in [0.2, 0.25) is 0 Å². The third-order valence-corrected chi connectivity index (χ3v) is 4.27. The zero-order valence-corrected chi connectivity index (χ0v) is 11.5. The molecular formula is C13H19ClOS. The van der Waals surface area contributed by atoms with Gasteiger partial charge in [-0.05, 0) is 17.4 Å². The Hall–Kier alpha value is -0.340. The summed E-state index contributed by atoms with van der Waals surface area (Å²) >= 11 is 7.41. The van der Waals surface area contributed by atoms with Crippen LogP contribution in [0.1, 0.15) is 55.6 Å². The van der Waals surface area contributed by atoms with E-state index in [-0.39, 0.29) is 5.78 Å². The molecule has 1 rings (SSSR count). The number of halogens is 1. The van der Waals surface area contributed by atoms with E-state index in [2.05, 4.69) is 13.8 Å². The topological polar surface area (TPSA) is 17.1 Å². The number of ketones is 1. The molecule has 0 amide bonds. The molecule has 1 atom stereocenters. The summed E-state index contributed by atoms with van der Waals surface area (Å²) in [5.41, 5.74) is 0. The number of hydrogen-bond acceptors (Lipinski definition) is 2. The van der Waals surface area contributed by atoms with Gasteiger partial charge in [0, 0.05) is 6.42 Å². The van der Waals surface area contributed by atoms with Gasteiger partial charge in [0.1, 0.15) is 0 Å². The van der Waals surface area contributed by atoms with Crippen molar-refractivity contribution in [3.63, 3.8) is 0 Å². The second-order valence-corrected chi connectivity index (χ2v) is 5.46. The van der Waals surface area contributed by atoms with Gasteiger partial charge in [-0.1, -0.05) is 51.1 Å². The monoisotopic (exact) mass is 258 g/mol. The average molecular weight is 259 g/mol. The summed E-state index contributed by atoms with van der Waals surface area (Å²) in [5, 5.41) is 2.49. The molecule has 0 aliphatic rings. The van der Waals surface area contributed by atoms with Crippen molar-refractivity contribution in [2.24, 2.45) is 5.92 Å². The minimum absolute atomic E-state index is 0.211. The Morgan fingerprint density at radius 3 is 2.75 bits per heavy atom. The van der Waals surface area contributed by atoms with Crippen LogP contribution in [0, 0.1) is 5.92 Å². The summed E-state index contributed by atoms with van der Waals surface area (Å²) in [6.45, 7) is 4.34. The Morgan fingerprint density at radius 2 is 2.25 bits per heavy atom. The maximum atomic E-state index is 12.0. The standard InChI is InChI=1S/C13H19ClOS/c1-3-5-6-10(4-2)9-12(15)13-11(14)7-8-16-13/h7-8,10H,3-6,9H2,1-2H3. The first kappa shape index (κ1) is 13.7. The van der Waals surface area contributed by atoms with Crippen molar-refractivity contribution in [3.8, 4) is 0 Å². The van der Waals surface area contributed by atoms with Crippen LogP contribution in [0.25, 0.3) is 0 Å². The maximum Gasteiger partial charge on any atom is 0.174 e. The molecule has 0 aromatic carbocycles. The second kappa shape index (κ2) is 7.08. The summed E-state index contributed by atoms with van der Waals surface area (Å²) in [4.78, 5) is 12.7. The normalized spacial score (nSPS) is 12.7. The highest BCUT2D eigenvalue weighted by Gasteiger charge is 2.16. The molecule has 0 fully saturated rings. The Balaban J connectivity index is 2.52. The lowest BCUT2D eigenvalue weighted by atomic mass is 9.93. The van der Waals surface area contributed by atoms with Crippen molar-refractivity contribution in [2.45, 2.75) is 46.0 Å². The van der Waals surface area contributed by atoms with Crippen LogP contribution < -0.4 is 0 Å². The predicted molar refractivity (Wildman–Crippen MR) is 71.6 cm³/mol. The minimum Gasteiger partial charge on any atom is -0.293 e. The molecule has 1 heterocycles. The van der Waals surface area contributed by atoms with Gasteiger partial charge < -0.3 is 0 Å². The van der Waals surface area contributed by atoms with E-state index in [1.54, 1.807) is 6.07 Å². The quantitative estimate of drug-likeness (QED) is 0.615. The highest BCUT2D eigenvalue weighted by Crippen LogP contribution is 2.26. The smallest absolute Gasteiger partial charge is 0.174 e. The zero-order chi connectivity index (χ0) is 12.0. The molecule has 0 N–H and O–H groups in total. The van der Waals surface area contributed by atoms with Crippen LogP contribution in [0.3, 0.4) is 0 Å². The molecule has 0 aliphatic carbocycles. The fraction of sp³-hybridized carbons (Fsp3) is 0.615. The number of hydrogen-bond donors (Lipinski definition) is 0. The van der Waals surface area contributed by atoms with E-state index in [0.29, 0.717) is 17.4 Å². The van der Waals surface area contributed by atoms with Gasteiger partial charge in [0.25, 0.3) is 0 Å². The predicted octanol–water partition coefficient (Wildman–Crippen LogP) is 5.19. The SMILES string of the molecule is CCCCC(CC)CC(=O)c1sccc1Cl. The molecule has 0 saturated heterocycles. The van der Waals surface area contributed by atoms with E-state index in [9.17, 15) is 4.79 Å². The van der Waals surface area contributed by atoms with Crippen molar-refractivity contribution < 1.29 is 4.79 Å². The molecule has 16 heavy (non-hydrogen) atoms. The summed E-state index contributed by atoms with van der Waals surface area (Å²) in [6.07, 6.45) is 5.29. The van der Waals surface area contributed by atoms with E-state index < -0.39 is 0 Å². The van der Waals surface area contributed by atoms with Gasteiger partial charge in [-0.15, -0.1) is 11.3 Å². The number of rotatable bonds is 7. The lowest BCUT2D eigenvalue weighted by Crippen LogP contribution is -2.07. The first-order valence-corrected chi connectivity index (χ1v) is 7.21. The number of carbonyl (C=O) groups is 1. The van der Waals surface area contributed by atoms with Gasteiger partial charge in [0.15, 0.2) is 5.78 Å². The Labute approximate surface area is 107 Å². The molecule has 0 bridgehead atoms. The molecule has 0 saturated carbocycles. The van der Waals surface area contributed by atoms with Crippen LogP contribution in [0.4, 0.5) is 0 Å². The molecule has 0 spiro atoms. The fourth-order valence-corrected chi connectivity index (χ4v) is 2.90. The molecular weight excluding hydrogens is 240 g/mol. The molecule has 0 aliphatic heterocycles. The van der Waals surface area contributed by atoms with E-state index in [4.69, 9.17) is 11.6 Å². The van der Waals surface area contributed by atoms with Crippen LogP contribution in [-0.2, 0) is 0 Å². The highest BCUT2D eigenvalue weighted by molar-refractivity contribution is 7.12. The summed E-state index contributed by atoms with van der Waals surface area (Å²) in [5.74, 6) is 0.730. The Morgan fingerprint density at radius 1 is 1.50 bits per heavy atom. The fourth-order valence-electron chi connectivity index (χ4n) is 1.79. The lowest BCUT2D eigenvalue weighted by molar-refractivity contribution is 0.0961. The number of carbonyl (C=O) groups excluding carboxylic acids is 1. The molecule has 1 aromatic heterocycles. The summed E-state index contributed by atoms with van der Waals surface area (Å²) < 4.78 is 0. The molecule has 1 unspecified atom stereocenters. The molecule has 1 nitrogen and oxygen atoms in total. The average Bonchev–Trinajstić information content (AvgIpc) is 2.70. The van der Waals surface area contributed by atoms with Crippen LogP contribution in [0.2, 0.25) is 5.02 Å². The number of thiophene rings is 1. The van der Waals surface area contributed by atoms with Crippen LogP contribution >= 0.6 is 22.9 Å². The van der Waals surface area contributed by atoms with Gasteiger partial charge in [-0.25, -0.2) is 0 Å². The van der Waals surface area contributed by atoms with Gasteiger partial charge in [-0.2, -0.15) is 0 Å². The highest BCUT2D eigenvalue weighted by atomic mass is 35.5. The number of unbranched alkanes of at least 4 members (excludes halogenated alkanes) is 1. The largest absolute Gasteiger partial charge is 0.293 e. The number of Topliss-reactive ketones (excluding diaryl/α,β-unsaturated/α-hetero) is 1. The minimum atomic E-state index is 0.211. The van der Waals surface area contributed by atoms with Crippen LogP contribution in [0.5, 0.6) is 0 Å². The maximum absolute atomic E-state index is 12.0. The van der Waals surface area contributed by atoms with Crippen molar-refractivity contribution >= 4 is 28.7 Å². The molecule has 1 aromatic rings.